The summed E-state index contributed by atoms with van der Waals surface area (Å²) in [6.45, 7) is 8.37. The molecule has 1 fully saturated rings. The summed E-state index contributed by atoms with van der Waals surface area (Å²) in [5, 5.41) is 3.85. The first-order chi connectivity index (χ1) is 9.08. The summed E-state index contributed by atoms with van der Waals surface area (Å²) in [5.74, 6) is -0.345. The fourth-order valence-electron chi connectivity index (χ4n) is 2.80. The summed E-state index contributed by atoms with van der Waals surface area (Å²) in [4.78, 5) is 2.42. The van der Waals surface area contributed by atoms with E-state index in [1.807, 2.05) is 6.07 Å². The lowest BCUT2D eigenvalue weighted by atomic mass is 9.90. The maximum absolute atomic E-state index is 13.2. The number of nitrogens with zero attached hydrogens (tertiary/aromatic N) is 1. The summed E-state index contributed by atoms with van der Waals surface area (Å²) >= 11 is 5.84. The van der Waals surface area contributed by atoms with Crippen molar-refractivity contribution >= 4 is 11.6 Å². The highest BCUT2D eigenvalue weighted by atomic mass is 35.5. The number of hydrogen-bond acceptors (Lipinski definition) is 2. The van der Waals surface area contributed by atoms with E-state index in [2.05, 4.69) is 24.1 Å². The third kappa shape index (κ3) is 3.47. The van der Waals surface area contributed by atoms with Crippen LogP contribution in [0.15, 0.2) is 18.2 Å². The molecule has 0 saturated carbocycles. The van der Waals surface area contributed by atoms with E-state index in [-0.39, 0.29) is 16.4 Å². The average molecular weight is 285 g/mol. The van der Waals surface area contributed by atoms with Crippen molar-refractivity contribution in [1.82, 2.24) is 10.2 Å². The summed E-state index contributed by atoms with van der Waals surface area (Å²) in [7, 11) is 0. The largest absolute Gasteiger partial charge is 0.309 e. The van der Waals surface area contributed by atoms with E-state index in [9.17, 15) is 4.39 Å². The molecule has 2 nitrogen and oxygen atoms in total. The van der Waals surface area contributed by atoms with Gasteiger partial charge in [-0.05, 0) is 30.5 Å². The fraction of sp³-hybridized carbons (Fsp3) is 0.600. The SMILES string of the molecule is CCC1(CC)CN(Cc2ccc(F)c(Cl)c2)CCN1. The molecule has 106 valence electrons. The van der Waals surface area contributed by atoms with Gasteiger partial charge in [0.2, 0.25) is 0 Å². The fourth-order valence-corrected chi connectivity index (χ4v) is 3.00. The van der Waals surface area contributed by atoms with E-state index < -0.39 is 0 Å². The van der Waals surface area contributed by atoms with Gasteiger partial charge >= 0.3 is 0 Å². The van der Waals surface area contributed by atoms with E-state index in [4.69, 9.17) is 11.6 Å². The molecule has 1 heterocycles. The summed E-state index contributed by atoms with van der Waals surface area (Å²) in [5.41, 5.74) is 1.30. The van der Waals surface area contributed by atoms with Gasteiger partial charge in [-0.15, -0.1) is 0 Å². The normalized spacial score (nSPS) is 19.6. The Morgan fingerprint density at radius 2 is 2.11 bits per heavy atom. The van der Waals surface area contributed by atoms with E-state index in [0.29, 0.717) is 0 Å². The highest BCUT2D eigenvalue weighted by Crippen LogP contribution is 2.22. The van der Waals surface area contributed by atoms with Crippen LogP contribution in [0.25, 0.3) is 0 Å². The number of benzene rings is 1. The molecule has 1 aromatic rings. The molecule has 4 heteroatoms. The second-order valence-corrected chi connectivity index (χ2v) is 5.78. The maximum atomic E-state index is 13.2. The summed E-state index contributed by atoms with van der Waals surface area (Å²) < 4.78 is 13.2. The van der Waals surface area contributed by atoms with Crippen molar-refractivity contribution in [3.63, 3.8) is 0 Å². The van der Waals surface area contributed by atoms with Gasteiger partial charge in [-0.2, -0.15) is 0 Å². The highest BCUT2D eigenvalue weighted by Gasteiger charge is 2.31. The molecule has 0 aliphatic carbocycles. The molecule has 19 heavy (non-hydrogen) atoms. The van der Waals surface area contributed by atoms with Crippen LogP contribution in [0, 0.1) is 5.82 Å². The molecular formula is C15H22ClFN2. The molecule has 1 saturated heterocycles. The molecule has 0 radical (unpaired) electrons. The van der Waals surface area contributed by atoms with Crippen LogP contribution in [0.3, 0.4) is 0 Å². The van der Waals surface area contributed by atoms with Crippen LogP contribution >= 0.6 is 11.6 Å². The topological polar surface area (TPSA) is 15.3 Å². The van der Waals surface area contributed by atoms with Crippen molar-refractivity contribution in [1.29, 1.82) is 0 Å². The predicted molar refractivity (Wildman–Crippen MR) is 78.0 cm³/mol. The number of piperazine rings is 1. The molecule has 2 rings (SSSR count). The quantitative estimate of drug-likeness (QED) is 0.911. The second-order valence-electron chi connectivity index (χ2n) is 5.37. The Labute approximate surface area is 119 Å². The van der Waals surface area contributed by atoms with Gasteiger partial charge in [0.1, 0.15) is 5.82 Å². The number of hydrogen-bond donors (Lipinski definition) is 1. The van der Waals surface area contributed by atoms with Crippen LogP contribution in [0.5, 0.6) is 0 Å². The van der Waals surface area contributed by atoms with Crippen molar-refractivity contribution < 1.29 is 4.39 Å². The van der Waals surface area contributed by atoms with Gasteiger partial charge in [-0.3, -0.25) is 4.90 Å². The van der Waals surface area contributed by atoms with Gasteiger partial charge in [0.25, 0.3) is 0 Å². The zero-order valence-corrected chi connectivity index (χ0v) is 12.4. The van der Waals surface area contributed by atoms with E-state index in [1.165, 1.54) is 6.07 Å². The monoisotopic (exact) mass is 284 g/mol. The number of rotatable bonds is 4. The number of nitrogens with one attached hydrogen (secondary N) is 1. The molecule has 0 bridgehead atoms. The van der Waals surface area contributed by atoms with Crippen LogP contribution in [0.2, 0.25) is 5.02 Å². The zero-order valence-electron chi connectivity index (χ0n) is 11.7. The molecule has 0 atom stereocenters. The van der Waals surface area contributed by atoms with Crippen molar-refractivity contribution in [2.75, 3.05) is 19.6 Å². The molecule has 0 aromatic heterocycles. The first-order valence-corrected chi connectivity index (χ1v) is 7.37. The Bertz CT molecular complexity index is 432. The first-order valence-electron chi connectivity index (χ1n) is 7.00. The zero-order chi connectivity index (χ0) is 13.9. The van der Waals surface area contributed by atoms with Gasteiger partial charge in [0, 0.05) is 31.7 Å². The molecule has 0 spiro atoms. The van der Waals surface area contributed by atoms with E-state index >= 15 is 0 Å². The third-order valence-corrected chi connectivity index (χ3v) is 4.49. The Balaban J connectivity index is 2.04. The van der Waals surface area contributed by atoms with Gasteiger partial charge < -0.3 is 5.32 Å². The average Bonchev–Trinajstić information content (AvgIpc) is 2.43. The lowest BCUT2D eigenvalue weighted by molar-refractivity contribution is 0.118. The first kappa shape index (κ1) is 14.8. The maximum Gasteiger partial charge on any atom is 0.141 e. The minimum absolute atomic E-state index is 0.213. The molecule has 1 aliphatic rings. The van der Waals surface area contributed by atoms with Crippen molar-refractivity contribution in [2.24, 2.45) is 0 Å². The highest BCUT2D eigenvalue weighted by molar-refractivity contribution is 6.30. The van der Waals surface area contributed by atoms with E-state index in [0.717, 1.165) is 44.6 Å². The molecule has 1 aromatic carbocycles. The Morgan fingerprint density at radius 3 is 2.74 bits per heavy atom. The molecule has 1 aliphatic heterocycles. The van der Waals surface area contributed by atoms with Crippen molar-refractivity contribution in [3.05, 3.63) is 34.6 Å². The summed E-state index contributed by atoms with van der Waals surface area (Å²) in [6, 6.07) is 5.01. The Hall–Kier alpha value is -0.640. The van der Waals surface area contributed by atoms with Crippen molar-refractivity contribution in [3.8, 4) is 0 Å². The Morgan fingerprint density at radius 1 is 1.37 bits per heavy atom. The predicted octanol–water partition coefficient (Wildman–Crippen LogP) is 3.44. The van der Waals surface area contributed by atoms with Crippen LogP contribution in [0.4, 0.5) is 4.39 Å². The molecule has 0 unspecified atom stereocenters. The van der Waals surface area contributed by atoms with Crippen molar-refractivity contribution in [2.45, 2.75) is 38.8 Å². The molecule has 1 N–H and O–H groups in total. The van der Waals surface area contributed by atoms with Crippen LogP contribution in [-0.2, 0) is 6.54 Å². The molecule has 0 amide bonds. The van der Waals surface area contributed by atoms with Crippen LogP contribution in [-0.4, -0.2) is 30.1 Å². The van der Waals surface area contributed by atoms with Gasteiger partial charge in [-0.1, -0.05) is 31.5 Å². The van der Waals surface area contributed by atoms with E-state index in [1.54, 1.807) is 6.07 Å². The molecular weight excluding hydrogens is 263 g/mol. The standard InChI is InChI=1S/C15H22ClFN2/c1-3-15(4-2)11-19(8-7-18-15)10-12-5-6-14(17)13(16)9-12/h5-6,9,18H,3-4,7-8,10-11H2,1-2H3. The van der Waals surface area contributed by atoms with Gasteiger partial charge in [0.15, 0.2) is 0 Å². The smallest absolute Gasteiger partial charge is 0.141 e. The lowest BCUT2D eigenvalue weighted by Crippen LogP contribution is -2.59. The lowest BCUT2D eigenvalue weighted by Gasteiger charge is -2.43. The third-order valence-electron chi connectivity index (χ3n) is 4.20. The Kier molecular flexibility index (Phi) is 4.82. The van der Waals surface area contributed by atoms with Crippen LogP contribution < -0.4 is 5.32 Å². The van der Waals surface area contributed by atoms with Gasteiger partial charge in [0.05, 0.1) is 5.02 Å². The number of halogens is 2. The second kappa shape index (κ2) is 6.21. The van der Waals surface area contributed by atoms with Gasteiger partial charge in [-0.25, -0.2) is 4.39 Å². The minimum Gasteiger partial charge on any atom is -0.309 e. The van der Waals surface area contributed by atoms with Crippen LogP contribution in [0.1, 0.15) is 32.3 Å². The minimum atomic E-state index is -0.345. The summed E-state index contributed by atoms with van der Waals surface area (Å²) in [6.07, 6.45) is 2.26.